The predicted octanol–water partition coefficient (Wildman–Crippen LogP) is 5.89. The predicted molar refractivity (Wildman–Crippen MR) is 103 cm³/mol. The van der Waals surface area contributed by atoms with Gasteiger partial charge < -0.3 is 0 Å². The number of hydrogen-bond donors (Lipinski definition) is 2. The normalized spacial score (nSPS) is 16.5. The van der Waals surface area contributed by atoms with E-state index >= 15 is 0 Å². The summed E-state index contributed by atoms with van der Waals surface area (Å²) in [6.45, 7) is 8.99. The van der Waals surface area contributed by atoms with Gasteiger partial charge in [0.2, 0.25) is 0 Å². The third-order valence-corrected chi connectivity index (χ3v) is 19.9. The zero-order valence-corrected chi connectivity index (χ0v) is 19.3. The molecule has 0 spiro atoms. The molecule has 2 unspecified atom stereocenters. The molecule has 2 N–H and O–H groups in total. The summed E-state index contributed by atoms with van der Waals surface area (Å²) < 4.78 is 0. The van der Waals surface area contributed by atoms with Crippen molar-refractivity contribution in [3.8, 4) is 0 Å². The molecule has 2 atom stereocenters. The van der Waals surface area contributed by atoms with Gasteiger partial charge in [-0.05, 0) is 0 Å². The quantitative estimate of drug-likeness (QED) is 0.271. The van der Waals surface area contributed by atoms with Gasteiger partial charge in [0, 0.05) is 0 Å². The van der Waals surface area contributed by atoms with E-state index < -0.39 is 5.69 Å². The fraction of sp³-hybridized carbons (Fsp3) is 1.00. The molecule has 0 aliphatic rings. The zero-order valence-electron chi connectivity index (χ0n) is 14.8. The maximum atomic E-state index is 10.6. The van der Waals surface area contributed by atoms with Crippen molar-refractivity contribution < 1.29 is 28.3 Å². The third kappa shape index (κ3) is 9.89. The molecule has 0 aromatic rings. The SMILES string of the molecule is CCCCC(CC)CS(CC(CC)CCCC)=P(O)(O)[S][Mo]. The van der Waals surface area contributed by atoms with Crippen molar-refractivity contribution in [2.75, 3.05) is 11.5 Å². The third-order valence-electron chi connectivity index (χ3n) is 4.38. The van der Waals surface area contributed by atoms with Crippen LogP contribution in [0.15, 0.2) is 0 Å². The molecule has 135 valence electrons. The average Bonchev–Trinajstić information content (AvgIpc) is 2.53. The summed E-state index contributed by atoms with van der Waals surface area (Å²) in [7, 11) is 1.12. The van der Waals surface area contributed by atoms with Crippen LogP contribution in [0.1, 0.15) is 79.1 Å². The fourth-order valence-corrected chi connectivity index (χ4v) is 15.4. The van der Waals surface area contributed by atoms with Gasteiger partial charge in [0.1, 0.15) is 0 Å². The molecule has 0 aliphatic heterocycles. The van der Waals surface area contributed by atoms with Crippen LogP contribution in [0.5, 0.6) is 0 Å². The van der Waals surface area contributed by atoms with Crippen molar-refractivity contribution in [2.45, 2.75) is 79.1 Å². The zero-order chi connectivity index (χ0) is 17.0. The molecular weight excluding hydrogens is 415 g/mol. The van der Waals surface area contributed by atoms with Gasteiger partial charge in [-0.2, -0.15) is 0 Å². The summed E-state index contributed by atoms with van der Waals surface area (Å²) >= 11 is 1.79. The Bertz CT molecular complexity index is 314. The molecule has 0 aromatic carbocycles. The van der Waals surface area contributed by atoms with Gasteiger partial charge in [-0.15, -0.1) is 0 Å². The summed E-state index contributed by atoms with van der Waals surface area (Å²) in [6, 6.07) is 0. The van der Waals surface area contributed by atoms with Gasteiger partial charge in [0.25, 0.3) is 0 Å². The Hall–Kier alpha value is 1.74. The minimum atomic E-state index is -2.78. The van der Waals surface area contributed by atoms with Crippen LogP contribution < -0.4 is 0 Å². The molecule has 0 rings (SSSR count). The van der Waals surface area contributed by atoms with Crippen LogP contribution in [0, 0.1) is 11.8 Å². The first-order valence-corrected chi connectivity index (χ1v) is 16.5. The van der Waals surface area contributed by atoms with Gasteiger partial charge in [0.15, 0.2) is 0 Å². The van der Waals surface area contributed by atoms with Crippen molar-refractivity contribution in [3.05, 3.63) is 0 Å². The standard InChI is InChI=1S/C16H36O2PS2.Mo/c1-5-9-11-15(7-3)13-21(19(17,18)20)14-16(8-4)12-10-6-2;/h15-16H,5-14H2,1-4H3,(H2-,17,18,20);/q-1;+1. The first-order valence-electron chi connectivity index (χ1n) is 8.79. The number of unbranched alkanes of at least 4 members (excludes halogenated alkanes) is 2. The Morgan fingerprint density at radius 3 is 1.59 bits per heavy atom. The molecular formula is C16H36MoO2PS2. The Labute approximate surface area is 155 Å². The van der Waals surface area contributed by atoms with Crippen molar-refractivity contribution in [1.29, 1.82) is 0 Å². The van der Waals surface area contributed by atoms with Gasteiger partial charge >= 0.3 is 156 Å². The van der Waals surface area contributed by atoms with Crippen LogP contribution in [-0.2, 0) is 28.6 Å². The van der Waals surface area contributed by atoms with E-state index in [1.54, 1.807) is 18.5 Å². The van der Waals surface area contributed by atoms with Crippen molar-refractivity contribution >= 4 is 24.9 Å². The van der Waals surface area contributed by atoms with Gasteiger partial charge in [0.05, 0.1) is 0 Å². The van der Waals surface area contributed by atoms with Crippen LogP contribution in [0.4, 0.5) is 0 Å². The molecule has 0 bridgehead atoms. The number of hydrogen-bond acceptors (Lipinski definition) is 1. The van der Waals surface area contributed by atoms with Crippen LogP contribution in [-0.4, -0.2) is 21.3 Å². The Morgan fingerprint density at radius 1 is 0.909 bits per heavy atom. The van der Waals surface area contributed by atoms with Crippen molar-refractivity contribution in [3.63, 3.8) is 0 Å². The Kier molecular flexibility index (Phi) is 15.1. The van der Waals surface area contributed by atoms with Crippen molar-refractivity contribution in [1.82, 2.24) is 0 Å². The van der Waals surface area contributed by atoms with E-state index in [0.29, 0.717) is 11.8 Å². The molecule has 0 aliphatic carbocycles. The average molecular weight is 452 g/mol. The van der Waals surface area contributed by atoms with E-state index in [0.717, 1.165) is 11.5 Å². The molecule has 0 fully saturated rings. The van der Waals surface area contributed by atoms with Crippen molar-refractivity contribution in [2.24, 2.45) is 11.8 Å². The van der Waals surface area contributed by atoms with Gasteiger partial charge in [-0.25, -0.2) is 0 Å². The van der Waals surface area contributed by atoms with Crippen LogP contribution in [0.2, 0.25) is 0 Å². The van der Waals surface area contributed by atoms with Crippen LogP contribution >= 0.6 is 14.8 Å². The summed E-state index contributed by atoms with van der Waals surface area (Å²) in [4.78, 5) is 21.1. The number of rotatable bonds is 13. The fourth-order valence-electron chi connectivity index (χ4n) is 2.65. The molecule has 22 heavy (non-hydrogen) atoms. The first-order chi connectivity index (χ1) is 10.4. The van der Waals surface area contributed by atoms with E-state index in [4.69, 9.17) is 0 Å². The second-order valence-electron chi connectivity index (χ2n) is 6.19. The first kappa shape index (κ1) is 23.7. The topological polar surface area (TPSA) is 40.5 Å². The van der Waals surface area contributed by atoms with E-state index in [1.165, 1.54) is 60.5 Å². The summed E-state index contributed by atoms with van der Waals surface area (Å²) in [5.74, 6) is 3.39. The molecule has 0 amide bonds. The van der Waals surface area contributed by atoms with E-state index in [2.05, 4.69) is 27.7 Å². The molecule has 0 radical (unpaired) electrons. The monoisotopic (exact) mass is 453 g/mol. The van der Waals surface area contributed by atoms with Gasteiger partial charge in [-0.3, -0.25) is 0 Å². The Morgan fingerprint density at radius 2 is 1.32 bits per heavy atom. The summed E-state index contributed by atoms with van der Waals surface area (Å²) in [5, 5.41) is 0. The molecule has 0 heterocycles. The molecule has 0 aromatic heterocycles. The van der Waals surface area contributed by atoms with E-state index in [1.807, 2.05) is 0 Å². The van der Waals surface area contributed by atoms with Crippen LogP contribution in [0.3, 0.4) is 0 Å². The second kappa shape index (κ2) is 14.0. The second-order valence-corrected chi connectivity index (χ2v) is 18.0. The Balaban J connectivity index is 5.02. The van der Waals surface area contributed by atoms with E-state index in [9.17, 15) is 9.79 Å². The molecule has 0 saturated carbocycles. The van der Waals surface area contributed by atoms with E-state index in [-0.39, 0.29) is 10.1 Å². The maximum absolute atomic E-state index is 10.6. The molecule has 2 nitrogen and oxygen atoms in total. The molecule has 6 heteroatoms. The minimum absolute atomic E-state index is 0.214. The summed E-state index contributed by atoms with van der Waals surface area (Å²) in [5.41, 5.74) is -2.78. The molecule has 0 saturated heterocycles. The van der Waals surface area contributed by atoms with Crippen LogP contribution in [0.25, 0.3) is 0 Å². The van der Waals surface area contributed by atoms with Gasteiger partial charge in [-0.1, -0.05) is 0 Å². The summed E-state index contributed by atoms with van der Waals surface area (Å²) in [6.07, 6.45) is 9.85.